The van der Waals surface area contributed by atoms with Gasteiger partial charge in [-0.3, -0.25) is 4.79 Å². The minimum absolute atomic E-state index is 0.214. The van der Waals surface area contributed by atoms with Gasteiger partial charge in [0.1, 0.15) is 11.6 Å². The average molecular weight is 339 g/mol. The van der Waals surface area contributed by atoms with E-state index in [0.29, 0.717) is 22.3 Å². The zero-order chi connectivity index (χ0) is 16.9. The standard InChI is InChI=1S/C18H17N3O2S/c1-3-24-18-19-15-7-5-4-6-14(15)16(21-18)20-17(22)12-8-10-13(23-2)11-9-12/h4-11H,3H2,1-2H3,(H,19,20,21,22). The second kappa shape index (κ2) is 7.31. The van der Waals surface area contributed by atoms with Crippen molar-refractivity contribution in [3.63, 3.8) is 0 Å². The molecule has 0 fully saturated rings. The molecule has 0 spiro atoms. The highest BCUT2D eigenvalue weighted by atomic mass is 32.2. The number of carbonyl (C=O) groups is 1. The lowest BCUT2D eigenvalue weighted by molar-refractivity contribution is 0.102. The Morgan fingerprint density at radius 1 is 1.12 bits per heavy atom. The van der Waals surface area contributed by atoms with Gasteiger partial charge in [0.15, 0.2) is 5.16 Å². The van der Waals surface area contributed by atoms with Crippen molar-refractivity contribution in [3.05, 3.63) is 54.1 Å². The third-order valence-corrected chi connectivity index (χ3v) is 4.17. The van der Waals surface area contributed by atoms with Gasteiger partial charge in [-0.25, -0.2) is 9.97 Å². The first-order chi connectivity index (χ1) is 11.7. The summed E-state index contributed by atoms with van der Waals surface area (Å²) in [4.78, 5) is 21.5. The first-order valence-corrected chi connectivity index (χ1v) is 8.55. The summed E-state index contributed by atoms with van der Waals surface area (Å²) in [5.74, 6) is 1.89. The van der Waals surface area contributed by atoms with Gasteiger partial charge in [0, 0.05) is 10.9 Å². The molecule has 1 aromatic heterocycles. The fraction of sp³-hybridized carbons (Fsp3) is 0.167. The SMILES string of the molecule is CCSc1nc(NC(=O)c2ccc(OC)cc2)c2ccccc2n1. The molecule has 122 valence electrons. The van der Waals surface area contributed by atoms with E-state index in [1.165, 1.54) is 0 Å². The van der Waals surface area contributed by atoms with Gasteiger partial charge in [0.25, 0.3) is 5.91 Å². The van der Waals surface area contributed by atoms with E-state index in [1.54, 1.807) is 43.1 Å². The summed E-state index contributed by atoms with van der Waals surface area (Å²) in [5.41, 5.74) is 1.36. The summed E-state index contributed by atoms with van der Waals surface area (Å²) in [6, 6.07) is 14.6. The van der Waals surface area contributed by atoms with E-state index in [-0.39, 0.29) is 5.91 Å². The minimum Gasteiger partial charge on any atom is -0.497 e. The van der Waals surface area contributed by atoms with Crippen LogP contribution in [0.1, 0.15) is 17.3 Å². The molecule has 0 atom stereocenters. The first kappa shape index (κ1) is 16.3. The zero-order valence-electron chi connectivity index (χ0n) is 13.4. The van der Waals surface area contributed by atoms with Crippen LogP contribution in [-0.4, -0.2) is 28.7 Å². The highest BCUT2D eigenvalue weighted by molar-refractivity contribution is 7.99. The van der Waals surface area contributed by atoms with Crippen molar-refractivity contribution in [2.75, 3.05) is 18.2 Å². The highest BCUT2D eigenvalue weighted by Gasteiger charge is 2.12. The van der Waals surface area contributed by atoms with E-state index in [4.69, 9.17) is 4.74 Å². The normalized spacial score (nSPS) is 10.6. The highest BCUT2D eigenvalue weighted by Crippen LogP contribution is 2.24. The lowest BCUT2D eigenvalue weighted by Gasteiger charge is -2.10. The zero-order valence-corrected chi connectivity index (χ0v) is 14.3. The Labute approximate surface area is 144 Å². The molecule has 5 nitrogen and oxygen atoms in total. The summed E-state index contributed by atoms with van der Waals surface area (Å²) in [7, 11) is 1.59. The third-order valence-electron chi connectivity index (χ3n) is 3.44. The maximum Gasteiger partial charge on any atom is 0.256 e. The number of hydrogen-bond acceptors (Lipinski definition) is 5. The quantitative estimate of drug-likeness (QED) is 0.562. The van der Waals surface area contributed by atoms with Gasteiger partial charge < -0.3 is 10.1 Å². The van der Waals surface area contributed by atoms with Crippen LogP contribution in [0.15, 0.2) is 53.7 Å². The van der Waals surface area contributed by atoms with Gasteiger partial charge in [-0.1, -0.05) is 30.8 Å². The molecule has 1 amide bonds. The van der Waals surface area contributed by atoms with Gasteiger partial charge in [-0.2, -0.15) is 0 Å². The predicted molar refractivity (Wildman–Crippen MR) is 96.9 cm³/mol. The van der Waals surface area contributed by atoms with Crippen LogP contribution in [0.5, 0.6) is 5.75 Å². The smallest absolute Gasteiger partial charge is 0.256 e. The molecule has 3 rings (SSSR count). The van der Waals surface area contributed by atoms with E-state index in [2.05, 4.69) is 15.3 Å². The Bertz CT molecular complexity index is 866. The van der Waals surface area contributed by atoms with Crippen LogP contribution >= 0.6 is 11.8 Å². The largest absolute Gasteiger partial charge is 0.497 e. The molecular weight excluding hydrogens is 322 g/mol. The van der Waals surface area contributed by atoms with Gasteiger partial charge in [-0.05, 0) is 42.2 Å². The Balaban J connectivity index is 1.94. The summed E-state index contributed by atoms with van der Waals surface area (Å²) < 4.78 is 5.11. The number of fused-ring (bicyclic) bond motifs is 1. The molecule has 2 aromatic carbocycles. The monoisotopic (exact) mass is 339 g/mol. The number of nitrogens with one attached hydrogen (secondary N) is 1. The van der Waals surface area contributed by atoms with Crippen molar-refractivity contribution in [2.24, 2.45) is 0 Å². The summed E-state index contributed by atoms with van der Waals surface area (Å²) in [6.45, 7) is 2.04. The average Bonchev–Trinajstić information content (AvgIpc) is 2.62. The molecule has 24 heavy (non-hydrogen) atoms. The third kappa shape index (κ3) is 3.49. The molecule has 1 N–H and O–H groups in total. The number of aromatic nitrogens is 2. The fourth-order valence-electron chi connectivity index (χ4n) is 2.27. The van der Waals surface area contributed by atoms with E-state index in [9.17, 15) is 4.79 Å². The predicted octanol–water partition coefficient (Wildman–Crippen LogP) is 4.00. The molecule has 0 saturated carbocycles. The van der Waals surface area contributed by atoms with Gasteiger partial charge in [0.2, 0.25) is 0 Å². The summed E-state index contributed by atoms with van der Waals surface area (Å²) in [6.07, 6.45) is 0. The molecule has 1 heterocycles. The number of nitrogens with zero attached hydrogens (tertiary/aromatic N) is 2. The molecular formula is C18H17N3O2S. The van der Waals surface area contributed by atoms with Crippen LogP contribution in [0.2, 0.25) is 0 Å². The molecule has 3 aromatic rings. The number of thioether (sulfide) groups is 1. The summed E-state index contributed by atoms with van der Waals surface area (Å²) >= 11 is 1.54. The number of rotatable bonds is 5. The van der Waals surface area contributed by atoms with Gasteiger partial charge in [0.05, 0.1) is 12.6 Å². The molecule has 0 bridgehead atoms. The van der Waals surface area contributed by atoms with E-state index in [1.807, 2.05) is 31.2 Å². The van der Waals surface area contributed by atoms with E-state index < -0.39 is 0 Å². The number of anilines is 1. The van der Waals surface area contributed by atoms with Crippen molar-refractivity contribution in [1.82, 2.24) is 9.97 Å². The minimum atomic E-state index is -0.214. The van der Waals surface area contributed by atoms with E-state index in [0.717, 1.165) is 16.7 Å². The maximum atomic E-state index is 12.5. The number of hydrogen-bond donors (Lipinski definition) is 1. The Morgan fingerprint density at radius 3 is 2.58 bits per heavy atom. The molecule has 0 radical (unpaired) electrons. The summed E-state index contributed by atoms with van der Waals surface area (Å²) in [5, 5.41) is 4.37. The van der Waals surface area contributed by atoms with E-state index >= 15 is 0 Å². The Morgan fingerprint density at radius 2 is 1.88 bits per heavy atom. The van der Waals surface area contributed by atoms with Crippen molar-refractivity contribution in [3.8, 4) is 5.75 Å². The van der Waals surface area contributed by atoms with Crippen LogP contribution < -0.4 is 10.1 Å². The number of para-hydroxylation sites is 1. The van der Waals surface area contributed by atoms with Crippen LogP contribution in [-0.2, 0) is 0 Å². The molecule has 0 aliphatic rings. The maximum absolute atomic E-state index is 12.5. The number of amides is 1. The number of benzene rings is 2. The van der Waals surface area contributed by atoms with Crippen molar-refractivity contribution < 1.29 is 9.53 Å². The van der Waals surface area contributed by atoms with Crippen LogP contribution in [0, 0.1) is 0 Å². The lowest BCUT2D eigenvalue weighted by Crippen LogP contribution is -2.14. The number of carbonyl (C=O) groups excluding carboxylic acids is 1. The topological polar surface area (TPSA) is 64.1 Å². The molecule has 0 aliphatic carbocycles. The lowest BCUT2D eigenvalue weighted by atomic mass is 10.2. The molecule has 0 saturated heterocycles. The van der Waals surface area contributed by atoms with Crippen LogP contribution in [0.25, 0.3) is 10.9 Å². The number of ether oxygens (including phenoxy) is 1. The second-order valence-corrected chi connectivity index (χ2v) is 6.22. The first-order valence-electron chi connectivity index (χ1n) is 7.56. The Hall–Kier alpha value is -2.60. The fourth-order valence-corrected chi connectivity index (χ4v) is 2.84. The Kier molecular flexibility index (Phi) is 4.96. The second-order valence-electron chi connectivity index (χ2n) is 4.99. The van der Waals surface area contributed by atoms with Crippen LogP contribution in [0.4, 0.5) is 5.82 Å². The molecule has 0 unspecified atom stereocenters. The molecule has 0 aliphatic heterocycles. The van der Waals surface area contributed by atoms with Gasteiger partial charge in [-0.15, -0.1) is 0 Å². The van der Waals surface area contributed by atoms with Crippen molar-refractivity contribution in [2.45, 2.75) is 12.1 Å². The van der Waals surface area contributed by atoms with Crippen molar-refractivity contribution >= 4 is 34.4 Å². The van der Waals surface area contributed by atoms with Gasteiger partial charge >= 0.3 is 0 Å². The van der Waals surface area contributed by atoms with Crippen molar-refractivity contribution in [1.29, 1.82) is 0 Å². The molecule has 6 heteroatoms. The van der Waals surface area contributed by atoms with Crippen LogP contribution in [0.3, 0.4) is 0 Å². The number of methoxy groups -OCH3 is 1.